The molecule has 5 heteroatoms. The summed E-state index contributed by atoms with van der Waals surface area (Å²) in [7, 11) is 4.08. The van der Waals surface area contributed by atoms with Gasteiger partial charge in [-0.1, -0.05) is 6.07 Å². The average molecular weight is 297 g/mol. The highest BCUT2D eigenvalue weighted by atomic mass is 32.1. The van der Waals surface area contributed by atoms with Crippen LogP contribution in [0.25, 0.3) is 0 Å². The fraction of sp³-hybridized carbons (Fsp3) is 0.667. The van der Waals surface area contributed by atoms with E-state index in [2.05, 4.69) is 47.8 Å². The number of amides is 1. The van der Waals surface area contributed by atoms with E-state index in [1.54, 1.807) is 11.3 Å². The Morgan fingerprint density at radius 3 is 2.60 bits per heavy atom. The van der Waals surface area contributed by atoms with E-state index in [-0.39, 0.29) is 17.5 Å². The second-order valence-electron chi connectivity index (χ2n) is 6.23. The lowest BCUT2D eigenvalue weighted by atomic mass is 10.1. The summed E-state index contributed by atoms with van der Waals surface area (Å²) in [5, 5.41) is 8.42. The predicted octanol–water partition coefficient (Wildman–Crippen LogP) is 2.25. The van der Waals surface area contributed by atoms with Gasteiger partial charge in [-0.05, 0) is 46.3 Å². The first-order valence-corrected chi connectivity index (χ1v) is 7.89. The maximum Gasteiger partial charge on any atom is 0.221 e. The van der Waals surface area contributed by atoms with Crippen LogP contribution in [0.5, 0.6) is 0 Å². The van der Waals surface area contributed by atoms with Gasteiger partial charge in [0.05, 0.1) is 6.04 Å². The van der Waals surface area contributed by atoms with Gasteiger partial charge in [0.25, 0.3) is 0 Å². The third-order valence-corrected chi connectivity index (χ3v) is 3.97. The lowest BCUT2D eigenvalue weighted by Crippen LogP contribution is -2.39. The smallest absolute Gasteiger partial charge is 0.221 e. The van der Waals surface area contributed by atoms with Gasteiger partial charge >= 0.3 is 0 Å². The molecule has 0 fully saturated rings. The van der Waals surface area contributed by atoms with Gasteiger partial charge in [0.1, 0.15) is 0 Å². The van der Waals surface area contributed by atoms with Crippen LogP contribution in [0.4, 0.5) is 0 Å². The molecule has 2 N–H and O–H groups in total. The van der Waals surface area contributed by atoms with E-state index in [1.807, 2.05) is 20.2 Å². The molecule has 1 aromatic rings. The number of hydrogen-bond donors (Lipinski definition) is 2. The van der Waals surface area contributed by atoms with Crippen molar-refractivity contribution in [2.75, 3.05) is 27.2 Å². The number of hydrogen-bond acceptors (Lipinski definition) is 4. The van der Waals surface area contributed by atoms with Gasteiger partial charge in [-0.2, -0.15) is 0 Å². The van der Waals surface area contributed by atoms with E-state index in [4.69, 9.17) is 0 Å². The zero-order chi connectivity index (χ0) is 15.2. The summed E-state index contributed by atoms with van der Waals surface area (Å²) in [4.78, 5) is 15.3. The summed E-state index contributed by atoms with van der Waals surface area (Å²) >= 11 is 1.73. The molecule has 114 valence electrons. The molecule has 1 atom stereocenters. The molecule has 0 aliphatic heterocycles. The van der Waals surface area contributed by atoms with Crippen LogP contribution in [-0.2, 0) is 4.79 Å². The molecule has 0 saturated carbocycles. The van der Waals surface area contributed by atoms with Crippen LogP contribution in [0.3, 0.4) is 0 Å². The predicted molar refractivity (Wildman–Crippen MR) is 86.1 cm³/mol. The Bertz CT molecular complexity index is 396. The van der Waals surface area contributed by atoms with Crippen LogP contribution in [0, 0.1) is 0 Å². The number of thiophene rings is 1. The zero-order valence-corrected chi connectivity index (χ0v) is 14.0. The van der Waals surface area contributed by atoms with E-state index in [0.29, 0.717) is 19.5 Å². The molecule has 1 heterocycles. The Morgan fingerprint density at radius 2 is 2.10 bits per heavy atom. The first-order chi connectivity index (χ1) is 9.29. The molecular formula is C15H27N3OS. The molecule has 0 spiro atoms. The lowest BCUT2D eigenvalue weighted by Gasteiger charge is -2.24. The normalized spacial score (nSPS) is 13.5. The first kappa shape index (κ1) is 17.1. The zero-order valence-electron chi connectivity index (χ0n) is 13.2. The highest BCUT2D eigenvalue weighted by molar-refractivity contribution is 7.10. The molecule has 1 unspecified atom stereocenters. The summed E-state index contributed by atoms with van der Waals surface area (Å²) in [6.45, 7) is 7.67. The molecule has 0 aliphatic rings. The maximum atomic E-state index is 11.9. The van der Waals surface area contributed by atoms with Crippen LogP contribution in [-0.4, -0.2) is 43.5 Å². The standard InChI is InChI=1S/C15H27N3OS/c1-15(2,3)17-9-8-14(19)16-11-12(18(4)5)13-7-6-10-20-13/h6-7,10,12,17H,8-9,11H2,1-5H3,(H,16,19). The van der Waals surface area contributed by atoms with Crippen molar-refractivity contribution in [1.82, 2.24) is 15.5 Å². The second-order valence-corrected chi connectivity index (χ2v) is 7.20. The first-order valence-electron chi connectivity index (χ1n) is 7.01. The Balaban J connectivity index is 2.35. The lowest BCUT2D eigenvalue weighted by molar-refractivity contribution is -0.121. The van der Waals surface area contributed by atoms with Crippen molar-refractivity contribution in [2.24, 2.45) is 0 Å². The fourth-order valence-corrected chi connectivity index (χ4v) is 2.79. The molecule has 0 aliphatic carbocycles. The van der Waals surface area contributed by atoms with Crippen molar-refractivity contribution in [2.45, 2.75) is 38.8 Å². The SMILES string of the molecule is CN(C)C(CNC(=O)CCNC(C)(C)C)c1cccs1. The van der Waals surface area contributed by atoms with Crippen LogP contribution in [0.1, 0.15) is 38.1 Å². The third kappa shape index (κ3) is 6.50. The minimum atomic E-state index is 0.0589. The molecule has 0 bridgehead atoms. The van der Waals surface area contributed by atoms with Gasteiger partial charge in [0.15, 0.2) is 0 Å². The van der Waals surface area contributed by atoms with Crippen LogP contribution in [0.2, 0.25) is 0 Å². The van der Waals surface area contributed by atoms with E-state index in [1.165, 1.54) is 4.88 Å². The summed E-state index contributed by atoms with van der Waals surface area (Å²) < 4.78 is 0. The maximum absolute atomic E-state index is 11.9. The number of nitrogens with zero attached hydrogens (tertiary/aromatic N) is 1. The Morgan fingerprint density at radius 1 is 1.40 bits per heavy atom. The monoisotopic (exact) mass is 297 g/mol. The highest BCUT2D eigenvalue weighted by Crippen LogP contribution is 2.22. The molecule has 0 saturated heterocycles. The Labute approximate surface area is 126 Å². The second kappa shape index (κ2) is 7.76. The van der Waals surface area contributed by atoms with E-state index >= 15 is 0 Å². The number of likely N-dealkylation sites (N-methyl/N-ethyl adjacent to an activating group) is 1. The third-order valence-electron chi connectivity index (χ3n) is 2.99. The number of carbonyl (C=O) groups is 1. The molecule has 20 heavy (non-hydrogen) atoms. The van der Waals surface area contributed by atoms with E-state index in [9.17, 15) is 4.79 Å². The minimum absolute atomic E-state index is 0.0589. The molecule has 0 radical (unpaired) electrons. The van der Waals surface area contributed by atoms with Gasteiger partial charge in [-0.25, -0.2) is 0 Å². The number of nitrogens with one attached hydrogen (secondary N) is 2. The Kier molecular flexibility index (Phi) is 6.65. The van der Waals surface area contributed by atoms with Gasteiger partial charge < -0.3 is 15.5 Å². The number of carbonyl (C=O) groups excluding carboxylic acids is 1. The molecular weight excluding hydrogens is 270 g/mol. The number of rotatable bonds is 7. The molecule has 4 nitrogen and oxygen atoms in total. The quantitative estimate of drug-likeness (QED) is 0.811. The molecule has 0 aromatic carbocycles. The van der Waals surface area contributed by atoms with Crippen molar-refractivity contribution in [1.29, 1.82) is 0 Å². The van der Waals surface area contributed by atoms with Crippen molar-refractivity contribution in [3.05, 3.63) is 22.4 Å². The summed E-state index contributed by atoms with van der Waals surface area (Å²) in [6.07, 6.45) is 0.516. The van der Waals surface area contributed by atoms with Gasteiger partial charge in [-0.3, -0.25) is 4.79 Å². The fourth-order valence-electron chi connectivity index (χ4n) is 1.87. The molecule has 1 aromatic heterocycles. The van der Waals surface area contributed by atoms with Crippen LogP contribution in [0.15, 0.2) is 17.5 Å². The van der Waals surface area contributed by atoms with Crippen LogP contribution >= 0.6 is 11.3 Å². The Hall–Kier alpha value is -0.910. The average Bonchev–Trinajstić information content (AvgIpc) is 2.80. The minimum Gasteiger partial charge on any atom is -0.354 e. The van der Waals surface area contributed by atoms with Crippen molar-refractivity contribution < 1.29 is 4.79 Å². The van der Waals surface area contributed by atoms with Crippen molar-refractivity contribution in [3.63, 3.8) is 0 Å². The van der Waals surface area contributed by atoms with Gasteiger partial charge in [0, 0.05) is 29.9 Å². The molecule has 1 rings (SSSR count). The summed E-state index contributed by atoms with van der Waals surface area (Å²) in [6, 6.07) is 4.41. The van der Waals surface area contributed by atoms with Crippen molar-refractivity contribution >= 4 is 17.2 Å². The van der Waals surface area contributed by atoms with Gasteiger partial charge in [0.2, 0.25) is 5.91 Å². The summed E-state index contributed by atoms with van der Waals surface area (Å²) in [5.74, 6) is 0.102. The summed E-state index contributed by atoms with van der Waals surface area (Å²) in [5.41, 5.74) is 0.0589. The molecule has 1 amide bonds. The van der Waals surface area contributed by atoms with E-state index in [0.717, 1.165) is 0 Å². The highest BCUT2D eigenvalue weighted by Gasteiger charge is 2.16. The van der Waals surface area contributed by atoms with Crippen LogP contribution < -0.4 is 10.6 Å². The van der Waals surface area contributed by atoms with Gasteiger partial charge in [-0.15, -0.1) is 11.3 Å². The topological polar surface area (TPSA) is 44.4 Å². The van der Waals surface area contributed by atoms with Crippen molar-refractivity contribution in [3.8, 4) is 0 Å². The van der Waals surface area contributed by atoms with E-state index < -0.39 is 0 Å². The largest absolute Gasteiger partial charge is 0.354 e.